The number of hydrogen-bond acceptors (Lipinski definition) is 7. The standard InChI is InChI=1S/C36H32N4O4S/c1-5-43-28-16-14-26(15-17-28)33-32(35(42)44-22(2)3)23(4)38-36-40(33)34(41)31(45-36)18-27-21-39(30-9-7-6-8-29(27)30)20-25-12-10-24(19-37)11-13-25/h6-18,21-22,33H,5,20H2,1-4H3/b31-18+/t33-/m1/s1. The van der Waals surface area contributed by atoms with Gasteiger partial charge in [0.05, 0.1) is 46.2 Å². The van der Waals surface area contributed by atoms with Crippen LogP contribution >= 0.6 is 11.3 Å². The molecule has 1 aliphatic rings. The quantitative estimate of drug-likeness (QED) is 0.216. The molecule has 2 aromatic heterocycles. The summed E-state index contributed by atoms with van der Waals surface area (Å²) in [5.41, 5.74) is 5.00. The van der Waals surface area contributed by atoms with Gasteiger partial charge in [-0.25, -0.2) is 9.79 Å². The second kappa shape index (κ2) is 12.4. The summed E-state index contributed by atoms with van der Waals surface area (Å²) in [5, 5.41) is 10.2. The molecule has 0 radical (unpaired) electrons. The third kappa shape index (κ3) is 5.85. The van der Waals surface area contributed by atoms with E-state index >= 15 is 0 Å². The summed E-state index contributed by atoms with van der Waals surface area (Å²) < 4.78 is 15.5. The summed E-state index contributed by atoms with van der Waals surface area (Å²) in [7, 11) is 0. The fourth-order valence-corrected chi connectivity index (χ4v) is 6.67. The molecule has 0 bridgehead atoms. The molecule has 0 amide bonds. The number of esters is 1. The fraction of sp³-hybridized carbons (Fsp3) is 0.222. The predicted molar refractivity (Wildman–Crippen MR) is 175 cm³/mol. The van der Waals surface area contributed by atoms with Gasteiger partial charge in [0.25, 0.3) is 5.56 Å². The topological polar surface area (TPSA) is 98.6 Å². The van der Waals surface area contributed by atoms with Gasteiger partial charge in [-0.15, -0.1) is 0 Å². The fourth-order valence-electron chi connectivity index (χ4n) is 5.63. The molecule has 0 saturated carbocycles. The van der Waals surface area contributed by atoms with Gasteiger partial charge in [-0.2, -0.15) is 5.26 Å². The monoisotopic (exact) mass is 616 g/mol. The molecule has 1 aliphatic heterocycles. The van der Waals surface area contributed by atoms with Crippen LogP contribution in [0, 0.1) is 11.3 Å². The number of carbonyl (C=O) groups excluding carboxylic acids is 1. The summed E-state index contributed by atoms with van der Waals surface area (Å²) >= 11 is 1.30. The maximum absolute atomic E-state index is 14.2. The number of carbonyl (C=O) groups is 1. The Morgan fingerprint density at radius 1 is 1.09 bits per heavy atom. The summed E-state index contributed by atoms with van der Waals surface area (Å²) in [6, 6.07) is 24.5. The third-order valence-electron chi connectivity index (χ3n) is 7.63. The first kappa shape index (κ1) is 29.9. The predicted octanol–water partition coefficient (Wildman–Crippen LogP) is 5.46. The van der Waals surface area contributed by atoms with Crippen LogP contribution in [-0.4, -0.2) is 27.8 Å². The highest BCUT2D eigenvalue weighted by atomic mass is 32.1. The van der Waals surface area contributed by atoms with Gasteiger partial charge >= 0.3 is 5.97 Å². The van der Waals surface area contributed by atoms with E-state index in [1.165, 1.54) is 11.3 Å². The molecular formula is C36H32N4O4S. The molecule has 0 N–H and O–H groups in total. The molecule has 0 spiro atoms. The van der Waals surface area contributed by atoms with Crippen molar-refractivity contribution in [3.05, 3.63) is 132 Å². The van der Waals surface area contributed by atoms with Crippen molar-refractivity contribution in [3.63, 3.8) is 0 Å². The van der Waals surface area contributed by atoms with E-state index in [-0.39, 0.29) is 11.7 Å². The van der Waals surface area contributed by atoms with Crippen LogP contribution in [0.25, 0.3) is 17.0 Å². The minimum Gasteiger partial charge on any atom is -0.494 e. The number of benzene rings is 3. The number of nitriles is 1. The highest BCUT2D eigenvalue weighted by molar-refractivity contribution is 7.07. The summed E-state index contributed by atoms with van der Waals surface area (Å²) in [5.74, 6) is 0.211. The molecule has 0 unspecified atom stereocenters. The molecule has 0 aliphatic carbocycles. The lowest BCUT2D eigenvalue weighted by atomic mass is 9.96. The Balaban J connectivity index is 1.48. The Bertz CT molecular complexity index is 2160. The first-order chi connectivity index (χ1) is 21.8. The van der Waals surface area contributed by atoms with Gasteiger partial charge in [0.1, 0.15) is 5.75 Å². The molecule has 8 nitrogen and oxygen atoms in total. The molecule has 6 rings (SSSR count). The van der Waals surface area contributed by atoms with Gasteiger partial charge in [0.2, 0.25) is 0 Å². The van der Waals surface area contributed by atoms with E-state index in [2.05, 4.69) is 16.7 Å². The van der Waals surface area contributed by atoms with Crippen LogP contribution < -0.4 is 19.6 Å². The molecule has 226 valence electrons. The van der Waals surface area contributed by atoms with Gasteiger partial charge in [0.15, 0.2) is 4.80 Å². The Morgan fingerprint density at radius 2 is 1.82 bits per heavy atom. The second-order valence-corrected chi connectivity index (χ2v) is 12.1. The number of hydrogen-bond donors (Lipinski definition) is 0. The van der Waals surface area contributed by atoms with Gasteiger partial charge in [-0.1, -0.05) is 53.8 Å². The average Bonchev–Trinajstić information content (AvgIpc) is 3.53. The van der Waals surface area contributed by atoms with Crippen LogP contribution in [0.4, 0.5) is 0 Å². The van der Waals surface area contributed by atoms with Gasteiger partial charge < -0.3 is 14.0 Å². The smallest absolute Gasteiger partial charge is 0.338 e. The van der Waals surface area contributed by atoms with Crippen molar-refractivity contribution >= 4 is 34.3 Å². The number of rotatable bonds is 8. The van der Waals surface area contributed by atoms with Crippen LogP contribution in [0.1, 0.15) is 56.0 Å². The molecule has 3 heterocycles. The van der Waals surface area contributed by atoms with E-state index in [9.17, 15) is 9.59 Å². The van der Waals surface area contributed by atoms with Gasteiger partial charge in [-0.05, 0) is 75.2 Å². The van der Waals surface area contributed by atoms with Crippen LogP contribution in [0.3, 0.4) is 0 Å². The molecule has 0 saturated heterocycles. The lowest BCUT2D eigenvalue weighted by Crippen LogP contribution is -2.40. The number of thiazole rings is 1. The number of nitrogens with zero attached hydrogens (tertiary/aromatic N) is 4. The summed E-state index contributed by atoms with van der Waals surface area (Å²) in [6.45, 7) is 8.44. The zero-order valence-corrected chi connectivity index (χ0v) is 26.3. The normalized spacial score (nSPS) is 14.8. The molecule has 45 heavy (non-hydrogen) atoms. The maximum atomic E-state index is 14.2. The first-order valence-electron chi connectivity index (χ1n) is 14.8. The zero-order valence-electron chi connectivity index (χ0n) is 25.5. The summed E-state index contributed by atoms with van der Waals surface area (Å²) in [6.07, 6.45) is 3.62. The van der Waals surface area contributed by atoms with Crippen molar-refractivity contribution in [1.29, 1.82) is 5.26 Å². The average molecular weight is 617 g/mol. The zero-order chi connectivity index (χ0) is 31.7. The molecule has 3 aromatic carbocycles. The molecule has 5 aromatic rings. The van der Waals surface area contributed by atoms with Crippen LogP contribution in [0.5, 0.6) is 5.75 Å². The number of ether oxygens (including phenoxy) is 2. The van der Waals surface area contributed by atoms with Crippen LogP contribution in [0.15, 0.2) is 100 Å². The third-order valence-corrected chi connectivity index (χ3v) is 8.62. The van der Waals surface area contributed by atoms with E-state index in [0.717, 1.165) is 27.6 Å². The first-order valence-corrected chi connectivity index (χ1v) is 15.6. The van der Waals surface area contributed by atoms with Crippen LogP contribution in [0.2, 0.25) is 0 Å². The van der Waals surface area contributed by atoms with Crippen LogP contribution in [-0.2, 0) is 16.1 Å². The van der Waals surface area contributed by atoms with E-state index in [1.54, 1.807) is 25.3 Å². The van der Waals surface area contributed by atoms with Crippen molar-refractivity contribution < 1.29 is 14.3 Å². The number of fused-ring (bicyclic) bond motifs is 2. The van der Waals surface area contributed by atoms with E-state index < -0.39 is 12.0 Å². The van der Waals surface area contributed by atoms with E-state index in [0.29, 0.717) is 45.1 Å². The molecule has 0 fully saturated rings. The Labute approximate surface area is 264 Å². The summed E-state index contributed by atoms with van der Waals surface area (Å²) in [4.78, 5) is 32.9. The SMILES string of the molecule is CCOc1ccc([C@@H]2C(C(=O)OC(C)C)=C(C)N=c3s/c(=C/c4cn(Cc5ccc(C#N)cc5)c5ccccc45)c(=O)n32)cc1. The Morgan fingerprint density at radius 3 is 2.51 bits per heavy atom. The highest BCUT2D eigenvalue weighted by Crippen LogP contribution is 2.32. The van der Waals surface area contributed by atoms with E-state index in [4.69, 9.17) is 19.7 Å². The molecular weight excluding hydrogens is 584 g/mol. The minimum absolute atomic E-state index is 0.232. The maximum Gasteiger partial charge on any atom is 0.338 e. The lowest BCUT2D eigenvalue weighted by molar-refractivity contribution is -0.143. The van der Waals surface area contributed by atoms with Crippen molar-refractivity contribution in [2.24, 2.45) is 4.99 Å². The molecule has 9 heteroatoms. The highest BCUT2D eigenvalue weighted by Gasteiger charge is 2.34. The van der Waals surface area contributed by atoms with Crippen molar-refractivity contribution in [1.82, 2.24) is 9.13 Å². The van der Waals surface area contributed by atoms with E-state index in [1.807, 2.05) is 85.9 Å². The van der Waals surface area contributed by atoms with Crippen molar-refractivity contribution in [3.8, 4) is 11.8 Å². The Hall–Kier alpha value is -5.20. The van der Waals surface area contributed by atoms with Gasteiger partial charge in [0, 0.05) is 29.2 Å². The van der Waals surface area contributed by atoms with Crippen molar-refractivity contribution in [2.45, 2.75) is 46.4 Å². The molecule has 1 atom stereocenters. The van der Waals surface area contributed by atoms with Gasteiger partial charge in [-0.3, -0.25) is 9.36 Å². The minimum atomic E-state index is -0.706. The van der Waals surface area contributed by atoms with Crippen molar-refractivity contribution in [2.75, 3.05) is 6.61 Å². The number of aromatic nitrogens is 2. The number of para-hydroxylation sites is 1. The number of allylic oxidation sites excluding steroid dienone is 1. The second-order valence-electron chi connectivity index (χ2n) is 11.1. The largest absolute Gasteiger partial charge is 0.494 e. The Kier molecular flexibility index (Phi) is 8.24. The lowest BCUT2D eigenvalue weighted by Gasteiger charge is -2.25.